The fraction of sp³-hybridized carbons (Fsp3) is 1.00. The van der Waals surface area contributed by atoms with Gasteiger partial charge in [0.05, 0.1) is 6.61 Å². The molecule has 0 aromatic heterocycles. The molecule has 7 heavy (non-hydrogen) atoms. The van der Waals surface area contributed by atoms with Crippen molar-refractivity contribution in [3.63, 3.8) is 0 Å². The fourth-order valence-corrected chi connectivity index (χ4v) is 0. The van der Waals surface area contributed by atoms with Crippen molar-refractivity contribution in [3.8, 4) is 0 Å². The monoisotopic (exact) mass is 106 g/mol. The molecule has 46 valence electrons. The minimum atomic E-state index is 0.0972. The van der Waals surface area contributed by atoms with Crippen LogP contribution in [0.15, 0.2) is 0 Å². The van der Waals surface area contributed by atoms with Crippen molar-refractivity contribution in [1.82, 2.24) is 5.32 Å². The summed E-state index contributed by atoms with van der Waals surface area (Å²) in [5.41, 5.74) is 4.78. The highest BCUT2D eigenvalue weighted by Crippen LogP contribution is 1.33. The SMILES string of the molecule is CNC.NCCO. The predicted molar refractivity (Wildman–Crippen MR) is 31.1 cm³/mol. The smallest absolute Gasteiger partial charge is 0.0553 e. The van der Waals surface area contributed by atoms with Crippen LogP contribution in [0.2, 0.25) is 0 Å². The van der Waals surface area contributed by atoms with Crippen LogP contribution in [0.3, 0.4) is 0 Å². The van der Waals surface area contributed by atoms with Crippen LogP contribution in [0.25, 0.3) is 0 Å². The van der Waals surface area contributed by atoms with Crippen LogP contribution in [0.1, 0.15) is 0 Å². The molecule has 0 atom stereocenters. The van der Waals surface area contributed by atoms with Crippen LogP contribution in [-0.2, 0) is 0 Å². The van der Waals surface area contributed by atoms with Crippen molar-refractivity contribution in [2.24, 2.45) is 5.73 Å². The van der Waals surface area contributed by atoms with Crippen molar-refractivity contribution in [3.05, 3.63) is 0 Å². The Balaban J connectivity index is 0. The largest absolute Gasteiger partial charge is 0.395 e. The second-order valence-corrected chi connectivity index (χ2v) is 1.01. The van der Waals surface area contributed by atoms with E-state index in [1.54, 1.807) is 0 Å². The molecule has 0 saturated carbocycles. The molecule has 0 aromatic rings. The maximum atomic E-state index is 7.75. The Morgan fingerprint density at radius 3 is 1.71 bits per heavy atom. The van der Waals surface area contributed by atoms with Crippen molar-refractivity contribution in [1.29, 1.82) is 0 Å². The molecule has 0 spiro atoms. The number of nitrogens with two attached hydrogens (primary N) is 1. The normalized spacial score (nSPS) is 6.86. The van der Waals surface area contributed by atoms with E-state index in [4.69, 9.17) is 10.8 Å². The number of nitrogens with one attached hydrogen (secondary N) is 1. The summed E-state index contributed by atoms with van der Waals surface area (Å²) >= 11 is 0. The van der Waals surface area contributed by atoms with Gasteiger partial charge in [-0.25, -0.2) is 0 Å². The summed E-state index contributed by atoms with van der Waals surface area (Å²) in [6, 6.07) is 0. The van der Waals surface area contributed by atoms with Crippen LogP contribution in [0.5, 0.6) is 0 Å². The Morgan fingerprint density at radius 1 is 1.57 bits per heavy atom. The molecule has 0 amide bonds. The molecule has 0 heterocycles. The Kier molecular flexibility index (Phi) is 24.1. The lowest BCUT2D eigenvalue weighted by molar-refractivity contribution is 0.306. The van der Waals surface area contributed by atoms with Crippen LogP contribution < -0.4 is 11.1 Å². The summed E-state index contributed by atoms with van der Waals surface area (Å²) in [6.07, 6.45) is 0. The molecule has 3 nitrogen and oxygen atoms in total. The van der Waals surface area contributed by atoms with Gasteiger partial charge in [0.25, 0.3) is 0 Å². The Hall–Kier alpha value is -0.120. The molecule has 0 saturated heterocycles. The number of hydrogen-bond acceptors (Lipinski definition) is 3. The lowest BCUT2D eigenvalue weighted by Crippen LogP contribution is -2.02. The third-order valence-corrected chi connectivity index (χ3v) is 0.129. The summed E-state index contributed by atoms with van der Waals surface area (Å²) in [6.45, 7) is 0.472. The second-order valence-electron chi connectivity index (χ2n) is 1.01. The van der Waals surface area contributed by atoms with Gasteiger partial charge in [0, 0.05) is 6.54 Å². The topological polar surface area (TPSA) is 58.3 Å². The molecule has 4 N–H and O–H groups in total. The van der Waals surface area contributed by atoms with Crippen molar-refractivity contribution in [2.45, 2.75) is 0 Å². The molecule has 0 aliphatic carbocycles. The summed E-state index contributed by atoms with van der Waals surface area (Å²) in [4.78, 5) is 0. The third-order valence-electron chi connectivity index (χ3n) is 0.129. The lowest BCUT2D eigenvalue weighted by atomic mass is 10.8. The van der Waals surface area contributed by atoms with E-state index < -0.39 is 0 Å². The van der Waals surface area contributed by atoms with Gasteiger partial charge in [0.1, 0.15) is 0 Å². The molecule has 0 aliphatic rings. The van der Waals surface area contributed by atoms with E-state index in [1.807, 2.05) is 14.1 Å². The van der Waals surface area contributed by atoms with Crippen molar-refractivity contribution < 1.29 is 5.11 Å². The Morgan fingerprint density at radius 2 is 1.71 bits per heavy atom. The molecule has 0 unspecified atom stereocenters. The minimum absolute atomic E-state index is 0.0972. The summed E-state index contributed by atoms with van der Waals surface area (Å²) in [5.74, 6) is 0. The second kappa shape index (κ2) is 16.9. The first kappa shape index (κ1) is 9.99. The zero-order chi connectivity index (χ0) is 6.12. The van der Waals surface area contributed by atoms with Gasteiger partial charge >= 0.3 is 0 Å². The van der Waals surface area contributed by atoms with E-state index >= 15 is 0 Å². The summed E-state index contributed by atoms with van der Waals surface area (Å²) < 4.78 is 0. The minimum Gasteiger partial charge on any atom is -0.395 e. The summed E-state index contributed by atoms with van der Waals surface area (Å²) in [7, 11) is 3.75. The van der Waals surface area contributed by atoms with Crippen LogP contribution >= 0.6 is 0 Å². The zero-order valence-electron chi connectivity index (χ0n) is 4.94. The maximum absolute atomic E-state index is 7.75. The Labute approximate surface area is 44.5 Å². The van der Waals surface area contributed by atoms with Gasteiger partial charge in [-0.05, 0) is 14.1 Å². The standard InChI is InChI=1S/C2H7NO.C2H7N/c3-1-2-4;1-3-2/h4H,1-3H2;3H,1-2H3. The highest BCUT2D eigenvalue weighted by molar-refractivity contribution is 4.17. The van der Waals surface area contributed by atoms with Crippen LogP contribution in [0, 0.1) is 0 Å². The number of rotatable bonds is 1. The molecule has 0 fully saturated rings. The first-order valence-corrected chi connectivity index (χ1v) is 2.22. The van der Waals surface area contributed by atoms with Crippen molar-refractivity contribution in [2.75, 3.05) is 27.2 Å². The van der Waals surface area contributed by atoms with Gasteiger partial charge in [0.15, 0.2) is 0 Å². The van der Waals surface area contributed by atoms with E-state index in [1.165, 1.54) is 0 Å². The Bertz CT molecular complexity index is 17.2. The van der Waals surface area contributed by atoms with E-state index in [0.717, 1.165) is 0 Å². The number of hydrogen-bond donors (Lipinski definition) is 3. The average Bonchev–Trinajstić information content (AvgIpc) is 1.69. The number of aliphatic hydroxyl groups is 1. The van der Waals surface area contributed by atoms with E-state index in [9.17, 15) is 0 Å². The van der Waals surface area contributed by atoms with Crippen LogP contribution in [0.4, 0.5) is 0 Å². The van der Waals surface area contributed by atoms with E-state index in [0.29, 0.717) is 6.54 Å². The highest BCUT2D eigenvalue weighted by atomic mass is 16.3. The quantitative estimate of drug-likeness (QED) is 0.392. The van der Waals surface area contributed by atoms with Gasteiger partial charge in [-0.15, -0.1) is 0 Å². The van der Waals surface area contributed by atoms with Gasteiger partial charge in [-0.3, -0.25) is 0 Å². The third kappa shape index (κ3) is 114. The predicted octanol–water partition coefficient (Wildman–Crippen LogP) is -1.23. The molecule has 0 radical (unpaired) electrons. The van der Waals surface area contributed by atoms with Gasteiger partial charge in [-0.2, -0.15) is 0 Å². The number of aliphatic hydroxyl groups excluding tert-OH is 1. The molecular formula is C4H14N2O. The molecule has 3 heteroatoms. The molecule has 0 aromatic carbocycles. The zero-order valence-corrected chi connectivity index (χ0v) is 4.94. The molecule has 0 bridgehead atoms. The highest BCUT2D eigenvalue weighted by Gasteiger charge is 1.56. The van der Waals surface area contributed by atoms with E-state index in [2.05, 4.69) is 5.32 Å². The van der Waals surface area contributed by atoms with Crippen LogP contribution in [-0.4, -0.2) is 32.4 Å². The fourth-order valence-electron chi connectivity index (χ4n) is 0. The molecular weight excluding hydrogens is 92.1 g/mol. The lowest BCUT2D eigenvalue weighted by Gasteiger charge is -1.71. The first-order chi connectivity index (χ1) is 3.33. The average molecular weight is 106 g/mol. The van der Waals surface area contributed by atoms with E-state index in [-0.39, 0.29) is 6.61 Å². The maximum Gasteiger partial charge on any atom is 0.0553 e. The first-order valence-electron chi connectivity index (χ1n) is 2.22. The molecule has 0 aliphatic heterocycles. The van der Waals surface area contributed by atoms with Gasteiger partial charge < -0.3 is 16.2 Å². The van der Waals surface area contributed by atoms with Gasteiger partial charge in [-0.1, -0.05) is 0 Å². The van der Waals surface area contributed by atoms with Gasteiger partial charge in [0.2, 0.25) is 0 Å². The summed E-state index contributed by atoms with van der Waals surface area (Å²) in [5, 5.41) is 10.5. The molecule has 0 rings (SSSR count). The van der Waals surface area contributed by atoms with Crippen molar-refractivity contribution >= 4 is 0 Å².